The Bertz CT molecular complexity index is 1560. The van der Waals surface area contributed by atoms with Gasteiger partial charge in [0.05, 0.1) is 24.3 Å². The van der Waals surface area contributed by atoms with Gasteiger partial charge in [0.1, 0.15) is 30.0 Å². The van der Waals surface area contributed by atoms with Gasteiger partial charge in [0.2, 0.25) is 17.7 Å². The summed E-state index contributed by atoms with van der Waals surface area (Å²) < 4.78 is 11.5. The molecule has 2 heterocycles. The van der Waals surface area contributed by atoms with Crippen molar-refractivity contribution in [2.45, 2.75) is 157 Å². The van der Waals surface area contributed by atoms with Gasteiger partial charge in [-0.2, -0.15) is 0 Å². The fourth-order valence-electron chi connectivity index (χ4n) is 6.85. The minimum Gasteiger partial charge on any atom is -0.497 e. The van der Waals surface area contributed by atoms with Crippen molar-refractivity contribution in [3.05, 3.63) is 29.8 Å². The van der Waals surface area contributed by atoms with Crippen molar-refractivity contribution in [3.63, 3.8) is 0 Å². The summed E-state index contributed by atoms with van der Waals surface area (Å²) in [4.78, 5) is 75.5. The molecule has 320 valence electrons. The summed E-state index contributed by atoms with van der Waals surface area (Å²) in [7, 11) is 1.56. The SMILES string of the molecule is CCCCN1C(=O)O[C@H](C(C)(C)C)C[C@@H](C)C[C@H](O)C(C)(C)C2=N[C@H](CCC(=O)N[C@@H](Cc3ccc(OC)cc3)C(=O)N[C@@H](C)C(=O)N[C@@H]([C@@H](C)CC)C1=O)CS2. The first kappa shape index (κ1) is 47.7. The number of unbranched alkanes of at least 4 members (excludes halogenated alkanes) is 1. The summed E-state index contributed by atoms with van der Waals surface area (Å²) >= 11 is 1.59. The predicted octanol–water partition coefficient (Wildman–Crippen LogP) is 6.05. The van der Waals surface area contributed by atoms with Crippen LogP contribution in [0, 0.1) is 22.7 Å². The number of carbonyl (C=O) groups excluding carboxylic acids is 5. The molecule has 0 radical (unpaired) electrons. The maximum atomic E-state index is 14.3. The molecule has 0 saturated carbocycles. The van der Waals surface area contributed by atoms with Gasteiger partial charge in [-0.05, 0) is 67.6 Å². The number of hydrogen-bond donors (Lipinski definition) is 4. The highest BCUT2D eigenvalue weighted by atomic mass is 32.2. The molecule has 0 aromatic heterocycles. The Morgan fingerprint density at radius 2 is 1.68 bits per heavy atom. The van der Waals surface area contributed by atoms with Crippen LogP contribution >= 0.6 is 11.8 Å². The van der Waals surface area contributed by atoms with Gasteiger partial charge in [0.25, 0.3) is 5.91 Å². The molecule has 0 saturated heterocycles. The van der Waals surface area contributed by atoms with Crippen LogP contribution < -0.4 is 20.7 Å². The Balaban J connectivity index is 2.02. The molecule has 3 rings (SSSR count). The molecule has 1 aromatic rings. The molecule has 0 aliphatic carbocycles. The van der Waals surface area contributed by atoms with Crippen LogP contribution in [0.15, 0.2) is 29.3 Å². The summed E-state index contributed by atoms with van der Waals surface area (Å²) in [5.41, 5.74) is -0.370. The zero-order chi connectivity index (χ0) is 42.7. The first-order valence-corrected chi connectivity index (χ1v) is 21.6. The number of rotatable bonds is 8. The number of hydrogen-bond acceptors (Lipinski definition) is 10. The van der Waals surface area contributed by atoms with Crippen LogP contribution in [0.1, 0.15) is 120 Å². The molecular formula is C43H69N5O8S. The van der Waals surface area contributed by atoms with Crippen LogP contribution in [0.4, 0.5) is 4.79 Å². The van der Waals surface area contributed by atoms with Crippen LogP contribution in [-0.4, -0.2) is 101 Å². The topological polar surface area (TPSA) is 176 Å². The number of methoxy groups -OCH3 is 1. The zero-order valence-corrected chi connectivity index (χ0v) is 36.9. The average molecular weight is 816 g/mol. The number of thioether (sulfide) groups is 1. The molecule has 5 amide bonds. The maximum absolute atomic E-state index is 14.3. The van der Waals surface area contributed by atoms with Crippen molar-refractivity contribution in [2.75, 3.05) is 19.4 Å². The second-order valence-corrected chi connectivity index (χ2v) is 18.6. The van der Waals surface area contributed by atoms with E-state index >= 15 is 0 Å². The van der Waals surface area contributed by atoms with E-state index in [4.69, 9.17) is 14.5 Å². The van der Waals surface area contributed by atoms with Gasteiger partial charge in [0.15, 0.2) is 0 Å². The Morgan fingerprint density at radius 3 is 2.28 bits per heavy atom. The zero-order valence-electron chi connectivity index (χ0n) is 36.1. The number of amides is 5. The van der Waals surface area contributed by atoms with E-state index in [0.29, 0.717) is 50.0 Å². The van der Waals surface area contributed by atoms with E-state index in [1.54, 1.807) is 31.0 Å². The number of nitrogens with zero attached hydrogens (tertiary/aromatic N) is 2. The lowest BCUT2D eigenvalue weighted by atomic mass is 9.78. The first-order valence-electron chi connectivity index (χ1n) is 20.7. The van der Waals surface area contributed by atoms with E-state index in [1.807, 2.05) is 74.4 Å². The number of aliphatic hydroxyl groups is 1. The molecule has 57 heavy (non-hydrogen) atoms. The Morgan fingerprint density at radius 1 is 1.02 bits per heavy atom. The minimum absolute atomic E-state index is 0.0529. The third kappa shape index (κ3) is 13.7. The highest BCUT2D eigenvalue weighted by molar-refractivity contribution is 8.14. The Labute approximate surface area is 344 Å². The average Bonchev–Trinajstić information content (AvgIpc) is 3.65. The molecule has 2 aliphatic heterocycles. The molecule has 0 fully saturated rings. The summed E-state index contributed by atoms with van der Waals surface area (Å²) in [6.07, 6.45) is 1.30. The minimum atomic E-state index is -1.08. The standard InChI is InChI=1S/C43H69N5O8S/c1-12-14-21-48-39(53)36(27(4)13-2)47-37(51)28(5)44-38(52)32(24-29-15-18-31(55-11)19-16-29)46-35(50)20-17-30-25-57-40(45-30)43(9,10)33(49)22-26(3)23-34(42(6,7)8)56-41(48)54/h15-16,18-19,26-28,30,32-34,36,49H,12-14,17,20-25H2,1-11H3,(H,44,52)(H,46,50)(H,47,51)/t26-,27-,28-,30+,32-,33-,34-,36-/m0/s1. The third-order valence-electron chi connectivity index (χ3n) is 11.3. The summed E-state index contributed by atoms with van der Waals surface area (Å²) in [6.45, 7) is 19.2. The Hall–Kier alpha value is -3.65. The van der Waals surface area contributed by atoms with Crippen molar-refractivity contribution < 1.29 is 38.6 Å². The number of benzene rings is 1. The van der Waals surface area contributed by atoms with Crippen LogP contribution in [-0.2, 0) is 30.3 Å². The highest BCUT2D eigenvalue weighted by Crippen LogP contribution is 2.39. The molecule has 2 aliphatic rings. The number of carbonyl (C=O) groups is 5. The van der Waals surface area contributed by atoms with E-state index in [-0.39, 0.29) is 43.2 Å². The van der Waals surface area contributed by atoms with E-state index in [2.05, 4.69) is 16.0 Å². The molecule has 14 heteroatoms. The van der Waals surface area contributed by atoms with Crippen LogP contribution in [0.5, 0.6) is 5.75 Å². The maximum Gasteiger partial charge on any atom is 0.416 e. The lowest BCUT2D eigenvalue weighted by Gasteiger charge is -2.37. The van der Waals surface area contributed by atoms with Crippen LogP contribution in [0.3, 0.4) is 0 Å². The third-order valence-corrected chi connectivity index (χ3v) is 12.7. The van der Waals surface area contributed by atoms with E-state index in [0.717, 1.165) is 15.5 Å². The van der Waals surface area contributed by atoms with E-state index in [9.17, 15) is 29.1 Å². The number of cyclic esters (lactones) is 1. The summed E-state index contributed by atoms with van der Waals surface area (Å²) in [5.74, 6) is -1.18. The van der Waals surface area contributed by atoms with Gasteiger partial charge in [-0.1, -0.05) is 87.3 Å². The lowest BCUT2D eigenvalue weighted by molar-refractivity contribution is -0.138. The number of nitrogens with one attached hydrogen (secondary N) is 3. The van der Waals surface area contributed by atoms with Crippen molar-refractivity contribution in [1.29, 1.82) is 0 Å². The van der Waals surface area contributed by atoms with Gasteiger partial charge < -0.3 is 30.5 Å². The molecule has 13 nitrogen and oxygen atoms in total. The monoisotopic (exact) mass is 815 g/mol. The predicted molar refractivity (Wildman–Crippen MR) is 225 cm³/mol. The first-order chi connectivity index (χ1) is 26.7. The number of fused-ring (bicyclic) bond motifs is 1. The highest BCUT2D eigenvalue weighted by Gasteiger charge is 2.41. The largest absolute Gasteiger partial charge is 0.497 e. The van der Waals surface area contributed by atoms with Crippen molar-refractivity contribution in [1.82, 2.24) is 20.9 Å². The van der Waals surface area contributed by atoms with Gasteiger partial charge in [-0.3, -0.25) is 24.2 Å². The number of ether oxygens (including phenoxy) is 2. The second kappa shape index (κ2) is 21.4. The summed E-state index contributed by atoms with van der Waals surface area (Å²) in [6, 6.07) is 3.86. The molecular weight excluding hydrogens is 747 g/mol. The van der Waals surface area contributed by atoms with E-state index < -0.39 is 65.0 Å². The van der Waals surface area contributed by atoms with Crippen LogP contribution in [0.2, 0.25) is 0 Å². The van der Waals surface area contributed by atoms with Gasteiger partial charge in [0, 0.05) is 30.6 Å². The van der Waals surface area contributed by atoms with Gasteiger partial charge in [-0.15, -0.1) is 11.8 Å². The quantitative estimate of drug-likeness (QED) is 0.244. The normalized spacial score (nSPS) is 28.3. The van der Waals surface area contributed by atoms with E-state index in [1.165, 1.54) is 6.92 Å². The molecule has 1 aromatic carbocycles. The molecule has 4 N–H and O–H groups in total. The number of aliphatic imine (C=N–C) groups is 1. The summed E-state index contributed by atoms with van der Waals surface area (Å²) in [5, 5.41) is 20.9. The number of imide groups is 1. The van der Waals surface area contributed by atoms with Gasteiger partial charge in [-0.25, -0.2) is 9.69 Å². The lowest BCUT2D eigenvalue weighted by Crippen LogP contribution is -2.58. The smallest absolute Gasteiger partial charge is 0.416 e. The Kier molecular flexibility index (Phi) is 17.9. The van der Waals surface area contributed by atoms with Crippen molar-refractivity contribution in [2.24, 2.45) is 27.7 Å². The van der Waals surface area contributed by atoms with Gasteiger partial charge >= 0.3 is 6.09 Å². The molecule has 0 spiro atoms. The second-order valence-electron chi connectivity index (χ2n) is 17.6. The molecule has 2 bridgehead atoms. The fourth-order valence-corrected chi connectivity index (χ4v) is 8.17. The number of aliphatic hydroxyl groups excluding tert-OH is 1. The van der Waals surface area contributed by atoms with Crippen molar-refractivity contribution >= 4 is 46.5 Å². The fraction of sp³-hybridized carbons (Fsp3) is 0.721. The van der Waals surface area contributed by atoms with Crippen LogP contribution in [0.25, 0.3) is 0 Å². The molecule has 0 unspecified atom stereocenters. The van der Waals surface area contributed by atoms with Crippen molar-refractivity contribution in [3.8, 4) is 5.75 Å². The molecule has 8 atom stereocenters.